The Balaban J connectivity index is 1.74. The van der Waals surface area contributed by atoms with Crippen LogP contribution in [0, 0.1) is 25.2 Å². The highest BCUT2D eigenvalue weighted by atomic mass is 35.5. The molecule has 0 radical (unpaired) electrons. The standard InChI is InChI=1S/C19H17ClN6O3/c1-11-7-13(9-21)8-12(2)16(11)29-17-14(20)10-23-18(25-17)22-4-6-26-5-3-15(27)24-19(26)28/h3,5,7-8,10H,4,6H2,1-2H3,(H,22,23,25)(H,24,27,28). The summed E-state index contributed by atoms with van der Waals surface area (Å²) in [5.41, 5.74) is 1.16. The SMILES string of the molecule is Cc1cc(C#N)cc(C)c1Oc1nc(NCCn2ccc(=O)[nH]c2=O)ncc1Cl. The minimum Gasteiger partial charge on any atom is -0.437 e. The maximum absolute atomic E-state index is 11.7. The van der Waals surface area contributed by atoms with Crippen LogP contribution in [0.3, 0.4) is 0 Å². The van der Waals surface area contributed by atoms with Crippen LogP contribution in [-0.2, 0) is 6.54 Å². The lowest BCUT2D eigenvalue weighted by Crippen LogP contribution is -2.30. The molecule has 148 valence electrons. The quantitative estimate of drug-likeness (QED) is 0.636. The van der Waals surface area contributed by atoms with Crippen molar-refractivity contribution in [2.45, 2.75) is 20.4 Å². The minimum absolute atomic E-state index is 0.168. The van der Waals surface area contributed by atoms with Crippen LogP contribution >= 0.6 is 11.6 Å². The molecule has 2 heterocycles. The molecule has 10 heteroatoms. The van der Waals surface area contributed by atoms with E-state index in [0.29, 0.717) is 24.4 Å². The first-order valence-corrected chi connectivity index (χ1v) is 9.00. The van der Waals surface area contributed by atoms with Gasteiger partial charge in [-0.2, -0.15) is 10.2 Å². The molecule has 0 fully saturated rings. The Kier molecular flexibility index (Phi) is 5.95. The summed E-state index contributed by atoms with van der Waals surface area (Å²) in [7, 11) is 0. The summed E-state index contributed by atoms with van der Waals surface area (Å²) in [5, 5.41) is 12.3. The molecule has 0 amide bonds. The number of benzene rings is 1. The molecule has 9 nitrogen and oxygen atoms in total. The number of halogens is 1. The molecule has 3 aromatic rings. The first-order valence-electron chi connectivity index (χ1n) is 8.63. The molecule has 0 saturated carbocycles. The zero-order valence-electron chi connectivity index (χ0n) is 15.7. The highest BCUT2D eigenvalue weighted by Crippen LogP contribution is 2.32. The summed E-state index contributed by atoms with van der Waals surface area (Å²) in [6, 6.07) is 6.82. The monoisotopic (exact) mass is 412 g/mol. The first-order chi connectivity index (χ1) is 13.9. The Labute approximate surface area is 170 Å². The molecule has 2 N–H and O–H groups in total. The molecule has 0 atom stereocenters. The van der Waals surface area contributed by atoms with Gasteiger partial charge in [-0.15, -0.1) is 0 Å². The number of aromatic amines is 1. The van der Waals surface area contributed by atoms with Gasteiger partial charge in [-0.25, -0.2) is 9.78 Å². The number of aromatic nitrogens is 4. The normalized spacial score (nSPS) is 10.4. The average molecular weight is 413 g/mol. The Hall–Kier alpha value is -3.64. The van der Waals surface area contributed by atoms with Gasteiger partial charge in [-0.1, -0.05) is 11.6 Å². The fourth-order valence-electron chi connectivity index (χ4n) is 2.69. The van der Waals surface area contributed by atoms with Crippen molar-refractivity contribution in [3.05, 3.63) is 73.1 Å². The number of H-pyrrole nitrogens is 1. The zero-order chi connectivity index (χ0) is 21.0. The number of anilines is 1. The fourth-order valence-corrected chi connectivity index (χ4v) is 2.82. The van der Waals surface area contributed by atoms with Crippen LogP contribution in [0.25, 0.3) is 0 Å². The zero-order valence-corrected chi connectivity index (χ0v) is 16.4. The molecular weight excluding hydrogens is 396 g/mol. The third kappa shape index (κ3) is 4.80. The van der Waals surface area contributed by atoms with Crippen molar-refractivity contribution in [2.24, 2.45) is 0 Å². The number of ether oxygens (including phenoxy) is 1. The van der Waals surface area contributed by atoms with Crippen LogP contribution in [0.4, 0.5) is 5.95 Å². The lowest BCUT2D eigenvalue weighted by atomic mass is 10.1. The van der Waals surface area contributed by atoms with Crippen molar-refractivity contribution in [2.75, 3.05) is 11.9 Å². The van der Waals surface area contributed by atoms with Crippen molar-refractivity contribution < 1.29 is 4.74 Å². The van der Waals surface area contributed by atoms with Gasteiger partial charge in [0.05, 0.1) is 17.8 Å². The summed E-state index contributed by atoms with van der Waals surface area (Å²) in [6.45, 7) is 4.30. The molecule has 3 rings (SSSR count). The van der Waals surface area contributed by atoms with Gasteiger partial charge < -0.3 is 10.1 Å². The molecule has 0 aliphatic carbocycles. The fraction of sp³-hybridized carbons (Fsp3) is 0.211. The van der Waals surface area contributed by atoms with E-state index in [2.05, 4.69) is 26.3 Å². The second-order valence-corrected chi connectivity index (χ2v) is 6.64. The Morgan fingerprint density at radius 2 is 2.03 bits per heavy atom. The molecule has 0 unspecified atom stereocenters. The molecule has 1 aromatic carbocycles. The summed E-state index contributed by atoms with van der Waals surface area (Å²) in [4.78, 5) is 33.3. The van der Waals surface area contributed by atoms with Crippen LogP contribution in [0.15, 0.2) is 40.2 Å². The lowest BCUT2D eigenvalue weighted by molar-refractivity contribution is 0.455. The number of nitrogens with one attached hydrogen (secondary N) is 2. The predicted octanol–water partition coefficient (Wildman–Crippen LogP) is 2.37. The number of nitriles is 1. The molecule has 2 aromatic heterocycles. The van der Waals surface area contributed by atoms with E-state index in [1.54, 1.807) is 12.1 Å². The second kappa shape index (κ2) is 8.58. The predicted molar refractivity (Wildman–Crippen MR) is 108 cm³/mol. The minimum atomic E-state index is -0.493. The third-order valence-electron chi connectivity index (χ3n) is 4.03. The van der Waals surface area contributed by atoms with Gasteiger partial charge >= 0.3 is 5.69 Å². The number of hydrogen-bond donors (Lipinski definition) is 2. The average Bonchev–Trinajstić information content (AvgIpc) is 2.68. The number of hydrogen-bond acceptors (Lipinski definition) is 7. The maximum atomic E-state index is 11.7. The topological polar surface area (TPSA) is 126 Å². The molecule has 29 heavy (non-hydrogen) atoms. The Morgan fingerprint density at radius 3 is 2.69 bits per heavy atom. The van der Waals surface area contributed by atoms with Crippen molar-refractivity contribution in [1.29, 1.82) is 5.26 Å². The summed E-state index contributed by atoms with van der Waals surface area (Å²) in [5.74, 6) is 1.00. The first kappa shape index (κ1) is 20.1. The smallest absolute Gasteiger partial charge is 0.328 e. The van der Waals surface area contributed by atoms with E-state index in [9.17, 15) is 9.59 Å². The van der Waals surface area contributed by atoms with Crippen molar-refractivity contribution in [3.8, 4) is 17.7 Å². The van der Waals surface area contributed by atoms with Gasteiger partial charge in [0.1, 0.15) is 10.8 Å². The molecule has 0 saturated heterocycles. The third-order valence-corrected chi connectivity index (χ3v) is 4.29. The molecule has 0 spiro atoms. The van der Waals surface area contributed by atoms with Crippen molar-refractivity contribution >= 4 is 17.5 Å². The highest BCUT2D eigenvalue weighted by molar-refractivity contribution is 6.31. The molecule has 0 bridgehead atoms. The number of rotatable bonds is 6. The van der Waals surface area contributed by atoms with Gasteiger partial charge in [-0.05, 0) is 37.1 Å². The summed E-state index contributed by atoms with van der Waals surface area (Å²) >= 11 is 6.17. The number of aryl methyl sites for hydroxylation is 2. The summed E-state index contributed by atoms with van der Waals surface area (Å²) in [6.07, 6.45) is 2.82. The van der Waals surface area contributed by atoms with Gasteiger partial charge in [0.15, 0.2) is 0 Å². The van der Waals surface area contributed by atoms with Crippen LogP contribution in [0.2, 0.25) is 5.02 Å². The Morgan fingerprint density at radius 1 is 1.31 bits per heavy atom. The van der Waals surface area contributed by atoms with E-state index in [1.807, 2.05) is 13.8 Å². The number of nitrogens with zero attached hydrogens (tertiary/aromatic N) is 4. The van der Waals surface area contributed by atoms with E-state index in [4.69, 9.17) is 21.6 Å². The second-order valence-electron chi connectivity index (χ2n) is 6.23. The van der Waals surface area contributed by atoms with Gasteiger partial charge in [0.25, 0.3) is 5.56 Å². The maximum Gasteiger partial charge on any atom is 0.328 e. The van der Waals surface area contributed by atoms with Crippen LogP contribution < -0.4 is 21.3 Å². The van der Waals surface area contributed by atoms with Gasteiger partial charge in [0, 0.05) is 25.4 Å². The van der Waals surface area contributed by atoms with Crippen LogP contribution in [-0.4, -0.2) is 26.1 Å². The van der Waals surface area contributed by atoms with E-state index in [0.717, 1.165) is 11.1 Å². The molecular formula is C19H17ClN6O3. The highest BCUT2D eigenvalue weighted by Gasteiger charge is 2.13. The van der Waals surface area contributed by atoms with E-state index in [1.165, 1.54) is 23.0 Å². The Bertz CT molecular complexity index is 1190. The van der Waals surface area contributed by atoms with E-state index < -0.39 is 11.2 Å². The van der Waals surface area contributed by atoms with E-state index in [-0.39, 0.29) is 16.9 Å². The van der Waals surface area contributed by atoms with Crippen LogP contribution in [0.5, 0.6) is 11.6 Å². The largest absolute Gasteiger partial charge is 0.437 e. The van der Waals surface area contributed by atoms with Gasteiger partial charge in [-0.3, -0.25) is 14.3 Å². The van der Waals surface area contributed by atoms with Gasteiger partial charge in [0.2, 0.25) is 11.8 Å². The van der Waals surface area contributed by atoms with Crippen molar-refractivity contribution in [3.63, 3.8) is 0 Å². The summed E-state index contributed by atoms with van der Waals surface area (Å²) < 4.78 is 7.23. The van der Waals surface area contributed by atoms with Crippen molar-refractivity contribution in [1.82, 2.24) is 19.5 Å². The molecule has 0 aliphatic heterocycles. The van der Waals surface area contributed by atoms with E-state index >= 15 is 0 Å². The molecule has 0 aliphatic rings. The van der Waals surface area contributed by atoms with Crippen LogP contribution in [0.1, 0.15) is 16.7 Å². The lowest BCUT2D eigenvalue weighted by Gasteiger charge is -2.13.